The van der Waals surface area contributed by atoms with Crippen molar-refractivity contribution in [3.05, 3.63) is 59.9 Å². The highest BCUT2D eigenvalue weighted by molar-refractivity contribution is 7.89. The summed E-state index contributed by atoms with van der Waals surface area (Å²) in [4.78, 5) is 26.6. The molecule has 0 radical (unpaired) electrons. The third kappa shape index (κ3) is 6.11. The Labute approximate surface area is 181 Å². The molecule has 2 aromatic rings. The molecule has 0 aromatic heterocycles. The van der Waals surface area contributed by atoms with Gasteiger partial charge in [-0.15, -0.1) is 0 Å². The van der Waals surface area contributed by atoms with Crippen LogP contribution in [-0.2, 0) is 26.0 Å². The average Bonchev–Trinajstić information content (AvgIpc) is 3.13. The van der Waals surface area contributed by atoms with E-state index in [2.05, 4.69) is 10.0 Å². The van der Waals surface area contributed by atoms with Gasteiger partial charge in [0.15, 0.2) is 0 Å². The van der Waals surface area contributed by atoms with Crippen molar-refractivity contribution in [3.8, 4) is 0 Å². The summed E-state index contributed by atoms with van der Waals surface area (Å²) in [5.41, 5.74) is 1.39. The van der Waals surface area contributed by atoms with E-state index in [9.17, 15) is 22.4 Å². The van der Waals surface area contributed by atoms with Crippen LogP contribution in [0.3, 0.4) is 0 Å². The fourth-order valence-electron chi connectivity index (χ4n) is 3.36. The molecule has 0 saturated carbocycles. The number of carbonyl (C=O) groups excluding carboxylic acids is 2. The summed E-state index contributed by atoms with van der Waals surface area (Å²) in [6, 6.07) is 12.1. The van der Waals surface area contributed by atoms with Crippen molar-refractivity contribution in [2.24, 2.45) is 5.92 Å². The van der Waals surface area contributed by atoms with E-state index in [4.69, 9.17) is 0 Å². The lowest BCUT2D eigenvalue weighted by Crippen LogP contribution is -2.30. The molecule has 2 amide bonds. The van der Waals surface area contributed by atoms with Crippen LogP contribution in [0.4, 0.5) is 10.1 Å². The molecule has 3 rings (SSSR count). The minimum Gasteiger partial charge on any atom is -0.342 e. The maximum atomic E-state index is 13.0. The normalized spacial score (nSPS) is 16.5. The van der Waals surface area contributed by atoms with Gasteiger partial charge in [-0.1, -0.05) is 19.1 Å². The van der Waals surface area contributed by atoms with Gasteiger partial charge in [-0.2, -0.15) is 0 Å². The van der Waals surface area contributed by atoms with Gasteiger partial charge in [0.05, 0.1) is 10.8 Å². The Morgan fingerprint density at radius 3 is 2.45 bits per heavy atom. The maximum Gasteiger partial charge on any atom is 0.240 e. The van der Waals surface area contributed by atoms with Gasteiger partial charge in [0, 0.05) is 31.7 Å². The summed E-state index contributed by atoms with van der Waals surface area (Å²) >= 11 is 0. The highest BCUT2D eigenvalue weighted by Crippen LogP contribution is 2.21. The van der Waals surface area contributed by atoms with Crippen molar-refractivity contribution in [2.75, 3.05) is 25.0 Å². The molecular weight excluding hydrogens is 421 g/mol. The quantitative estimate of drug-likeness (QED) is 0.618. The number of nitrogens with one attached hydrogen (secondary N) is 2. The topological polar surface area (TPSA) is 95.6 Å². The molecule has 1 saturated heterocycles. The molecule has 2 aromatic carbocycles. The summed E-state index contributed by atoms with van der Waals surface area (Å²) < 4.78 is 39.7. The number of sulfonamides is 1. The van der Waals surface area contributed by atoms with E-state index in [0.29, 0.717) is 38.2 Å². The zero-order valence-corrected chi connectivity index (χ0v) is 18.1. The third-order valence-electron chi connectivity index (χ3n) is 5.14. The number of benzene rings is 2. The smallest absolute Gasteiger partial charge is 0.240 e. The van der Waals surface area contributed by atoms with Gasteiger partial charge in [0.25, 0.3) is 0 Å². The van der Waals surface area contributed by atoms with E-state index >= 15 is 0 Å². The first-order valence-corrected chi connectivity index (χ1v) is 11.7. The molecule has 0 aliphatic carbocycles. The first kappa shape index (κ1) is 22.9. The van der Waals surface area contributed by atoms with Crippen LogP contribution in [0.1, 0.15) is 25.3 Å². The molecule has 31 heavy (non-hydrogen) atoms. The molecule has 1 atom stereocenters. The standard InChI is InChI=1S/C22H26FN3O4S/c1-2-12-24-31(29,30)20-9-7-19(8-10-20)25-22(28)17-14-21(27)26(15-17)13-11-16-3-5-18(23)6-4-16/h3-10,17,24H,2,11-15H2,1H3,(H,25,28)/t17-/m1/s1. The van der Waals surface area contributed by atoms with E-state index in [0.717, 1.165) is 5.56 Å². The molecule has 0 unspecified atom stereocenters. The van der Waals surface area contributed by atoms with Crippen LogP contribution >= 0.6 is 0 Å². The Morgan fingerprint density at radius 2 is 1.81 bits per heavy atom. The highest BCUT2D eigenvalue weighted by atomic mass is 32.2. The first-order chi connectivity index (χ1) is 14.8. The number of anilines is 1. The average molecular weight is 448 g/mol. The summed E-state index contributed by atoms with van der Waals surface area (Å²) in [5.74, 6) is -1.15. The van der Waals surface area contributed by atoms with Crippen LogP contribution in [0.5, 0.6) is 0 Å². The van der Waals surface area contributed by atoms with Crippen molar-refractivity contribution in [1.82, 2.24) is 9.62 Å². The van der Waals surface area contributed by atoms with Gasteiger partial charge < -0.3 is 10.2 Å². The number of amides is 2. The number of carbonyl (C=O) groups is 2. The molecule has 2 N–H and O–H groups in total. The van der Waals surface area contributed by atoms with E-state index in [-0.39, 0.29) is 28.9 Å². The van der Waals surface area contributed by atoms with E-state index in [1.165, 1.54) is 36.4 Å². The van der Waals surface area contributed by atoms with E-state index in [1.807, 2.05) is 6.92 Å². The molecule has 0 spiro atoms. The van der Waals surface area contributed by atoms with Crippen molar-refractivity contribution < 1.29 is 22.4 Å². The van der Waals surface area contributed by atoms with Crippen LogP contribution in [-0.4, -0.2) is 44.8 Å². The largest absolute Gasteiger partial charge is 0.342 e. The second kappa shape index (κ2) is 10.0. The Balaban J connectivity index is 1.53. The number of hydrogen-bond donors (Lipinski definition) is 2. The summed E-state index contributed by atoms with van der Waals surface area (Å²) in [6.07, 6.45) is 1.40. The van der Waals surface area contributed by atoms with Crippen LogP contribution in [0, 0.1) is 11.7 Å². The Hall–Kier alpha value is -2.78. The maximum absolute atomic E-state index is 13.0. The third-order valence-corrected chi connectivity index (χ3v) is 6.62. The zero-order valence-electron chi connectivity index (χ0n) is 17.3. The Morgan fingerprint density at radius 1 is 1.13 bits per heavy atom. The molecule has 7 nitrogen and oxygen atoms in total. The van der Waals surface area contributed by atoms with Crippen LogP contribution in [0.2, 0.25) is 0 Å². The lowest BCUT2D eigenvalue weighted by atomic mass is 10.1. The summed E-state index contributed by atoms with van der Waals surface area (Å²) in [7, 11) is -3.56. The predicted molar refractivity (Wildman–Crippen MR) is 115 cm³/mol. The zero-order chi connectivity index (χ0) is 22.4. The minimum absolute atomic E-state index is 0.0919. The Kier molecular flexibility index (Phi) is 7.40. The van der Waals surface area contributed by atoms with Gasteiger partial charge >= 0.3 is 0 Å². The van der Waals surface area contributed by atoms with Gasteiger partial charge in [-0.05, 0) is 54.8 Å². The molecule has 1 fully saturated rings. The SMILES string of the molecule is CCCNS(=O)(=O)c1ccc(NC(=O)[C@@H]2CC(=O)N(CCc3ccc(F)cc3)C2)cc1. The number of rotatable bonds is 9. The lowest BCUT2D eigenvalue weighted by Gasteiger charge is -2.16. The molecule has 1 heterocycles. The van der Waals surface area contributed by atoms with Crippen LogP contribution in [0.25, 0.3) is 0 Å². The van der Waals surface area contributed by atoms with Crippen LogP contribution < -0.4 is 10.0 Å². The van der Waals surface area contributed by atoms with E-state index in [1.54, 1.807) is 17.0 Å². The van der Waals surface area contributed by atoms with Gasteiger partial charge in [-0.3, -0.25) is 9.59 Å². The number of nitrogens with zero attached hydrogens (tertiary/aromatic N) is 1. The summed E-state index contributed by atoms with van der Waals surface area (Å²) in [5, 5.41) is 2.75. The van der Waals surface area contributed by atoms with Gasteiger partial charge in [0.2, 0.25) is 21.8 Å². The molecule has 9 heteroatoms. The predicted octanol–water partition coefficient (Wildman–Crippen LogP) is 2.54. The Bertz CT molecular complexity index is 1020. The molecular formula is C22H26FN3O4S. The van der Waals surface area contributed by atoms with Crippen molar-refractivity contribution in [3.63, 3.8) is 0 Å². The molecule has 0 bridgehead atoms. The van der Waals surface area contributed by atoms with E-state index < -0.39 is 15.9 Å². The highest BCUT2D eigenvalue weighted by Gasteiger charge is 2.34. The second-order valence-corrected chi connectivity index (χ2v) is 9.30. The monoisotopic (exact) mass is 447 g/mol. The minimum atomic E-state index is -3.56. The van der Waals surface area contributed by atoms with Crippen LogP contribution in [0.15, 0.2) is 53.4 Å². The number of likely N-dealkylation sites (tertiary alicyclic amines) is 1. The lowest BCUT2D eigenvalue weighted by molar-refractivity contribution is -0.128. The van der Waals surface area contributed by atoms with Crippen molar-refractivity contribution >= 4 is 27.5 Å². The van der Waals surface area contributed by atoms with Gasteiger partial charge in [-0.25, -0.2) is 17.5 Å². The van der Waals surface area contributed by atoms with Crippen molar-refractivity contribution in [2.45, 2.75) is 31.1 Å². The molecule has 166 valence electrons. The molecule has 1 aliphatic rings. The molecule has 1 aliphatic heterocycles. The second-order valence-electron chi connectivity index (χ2n) is 7.53. The number of hydrogen-bond acceptors (Lipinski definition) is 4. The fraction of sp³-hybridized carbons (Fsp3) is 0.364. The van der Waals surface area contributed by atoms with Crippen molar-refractivity contribution in [1.29, 1.82) is 0 Å². The summed E-state index contributed by atoms with van der Waals surface area (Å²) in [6.45, 7) is 3.01. The van der Waals surface area contributed by atoms with Gasteiger partial charge in [0.1, 0.15) is 5.82 Å². The number of halogens is 1. The fourth-order valence-corrected chi connectivity index (χ4v) is 4.49. The first-order valence-electron chi connectivity index (χ1n) is 10.2.